The number of aromatic nitrogens is 16. The van der Waals surface area contributed by atoms with E-state index < -0.39 is 0 Å². The zero-order chi connectivity index (χ0) is 98.2. The number of fused-ring (bicyclic) bond motifs is 12. The normalized spacial score (nSPS) is 11.4. The molecule has 0 unspecified atom stereocenters. The van der Waals surface area contributed by atoms with E-state index in [-0.39, 0.29) is 0 Å². The molecule has 148 heavy (non-hydrogen) atoms. The van der Waals surface area contributed by atoms with Gasteiger partial charge in [-0.3, -0.25) is 0 Å². The number of benzene rings is 18. The molecule has 0 amide bonds. The molecule has 20 heteroatoms. The molecular formula is C128H78N16O3S. The molecule has 694 valence electrons. The zero-order valence-electron chi connectivity index (χ0n) is 78.8. The highest BCUT2D eigenvalue weighted by Gasteiger charge is 2.27. The minimum absolute atomic E-state index is 0.563. The largest absolute Gasteiger partial charge is 0.456 e. The number of hydrogen-bond donors (Lipinski definition) is 0. The molecule has 0 fully saturated rings. The van der Waals surface area contributed by atoms with E-state index in [1.54, 1.807) is 11.3 Å². The van der Waals surface area contributed by atoms with Crippen LogP contribution in [-0.4, -0.2) is 79.7 Å². The van der Waals surface area contributed by atoms with Crippen LogP contribution in [0.15, 0.2) is 486 Å². The summed E-state index contributed by atoms with van der Waals surface area (Å²) in [4.78, 5) is 79.6. The molecule has 0 radical (unpaired) electrons. The molecule has 28 aromatic rings. The van der Waals surface area contributed by atoms with Gasteiger partial charge >= 0.3 is 0 Å². The van der Waals surface area contributed by atoms with Gasteiger partial charge in [0.1, 0.15) is 39.1 Å². The van der Waals surface area contributed by atoms with Crippen molar-refractivity contribution >= 4 is 97.5 Å². The van der Waals surface area contributed by atoms with Gasteiger partial charge in [0.25, 0.3) is 0 Å². The van der Waals surface area contributed by atoms with Gasteiger partial charge in [0, 0.05) is 142 Å². The average molecular weight is 1920 g/mol. The Labute approximate surface area is 851 Å². The van der Waals surface area contributed by atoms with E-state index in [2.05, 4.69) is 84.9 Å². The summed E-state index contributed by atoms with van der Waals surface area (Å²) in [5, 5.41) is 6.93. The standard InChI is InChI=1S/C43H25N5OS.C43H27N5O.C42H26N6O/c1-4-13-26(14-5-1)40-44-37(39-38(45-40)30-19-10-11-21-33(30)49-39)29-23-24-34-32(25-29)36-31(20-12-22-35(36)50-34)43-47-41(27-15-6-2-7-16-27)46-42(48-43)28-17-8-3-9-18-28;1-5-14-28(15-6-1)35-27-36(29-16-7-2-8-17-29)45-42(44-35)32-24-25-33-38(26-32)49-37-23-13-22-34(39(33)37)43-47-40(30-18-9-3-10-19-30)46-41(48-43)31-20-11-4-12-21-31;1-5-14-27(15-6-1)37-43-38(28-16-7-2-8-17-28)46-41(45-37)31-24-25-32-35(26-31)49-34-23-13-22-33(36(32)34)42-47-39(29-18-9-3-10-19-29)44-40(48-42)30-20-11-4-12-21-30/h1-25H;1-27H;1-26H. The van der Waals surface area contributed by atoms with Crippen LogP contribution in [0.2, 0.25) is 0 Å². The molecule has 10 aromatic heterocycles. The first-order valence-electron chi connectivity index (χ1n) is 48.4. The molecule has 0 N–H and O–H groups in total. The van der Waals surface area contributed by atoms with Gasteiger partial charge in [-0.15, -0.1) is 11.3 Å². The fourth-order valence-corrected chi connectivity index (χ4v) is 19.9. The third kappa shape index (κ3) is 17.4. The minimum Gasteiger partial charge on any atom is -0.456 e. The van der Waals surface area contributed by atoms with Crippen LogP contribution >= 0.6 is 11.3 Å². The Morgan fingerprint density at radius 2 is 0.432 bits per heavy atom. The first kappa shape index (κ1) is 88.0. The molecule has 0 atom stereocenters. The lowest BCUT2D eigenvalue weighted by molar-refractivity contribution is 0.667. The van der Waals surface area contributed by atoms with Crippen LogP contribution in [0.4, 0.5) is 0 Å². The van der Waals surface area contributed by atoms with Gasteiger partial charge in [-0.05, 0) is 72.8 Å². The molecule has 0 aliphatic rings. The first-order valence-corrected chi connectivity index (χ1v) is 49.2. The van der Waals surface area contributed by atoms with E-state index in [1.165, 1.54) is 0 Å². The first-order chi connectivity index (χ1) is 73.3. The Morgan fingerprint density at radius 3 is 0.791 bits per heavy atom. The van der Waals surface area contributed by atoms with Gasteiger partial charge in [-0.1, -0.05) is 400 Å². The van der Waals surface area contributed by atoms with Crippen LogP contribution in [0.1, 0.15) is 0 Å². The van der Waals surface area contributed by atoms with Crippen LogP contribution in [0.5, 0.6) is 0 Å². The van der Waals surface area contributed by atoms with Gasteiger partial charge in [-0.2, -0.15) is 0 Å². The van der Waals surface area contributed by atoms with Crippen LogP contribution in [0.25, 0.3) is 279 Å². The zero-order valence-corrected chi connectivity index (χ0v) is 79.6. The Morgan fingerprint density at radius 1 is 0.149 bits per heavy atom. The fraction of sp³-hybridized carbons (Fsp3) is 0. The van der Waals surface area contributed by atoms with E-state index in [0.29, 0.717) is 92.7 Å². The van der Waals surface area contributed by atoms with Crippen LogP contribution in [0, 0.1) is 0 Å². The number of rotatable bonds is 17. The Hall–Kier alpha value is -20.2. The van der Waals surface area contributed by atoms with Crippen molar-refractivity contribution in [2.45, 2.75) is 0 Å². The van der Waals surface area contributed by atoms with Gasteiger partial charge in [0.15, 0.2) is 87.1 Å². The number of hydrogen-bond acceptors (Lipinski definition) is 20. The highest BCUT2D eigenvalue weighted by Crippen LogP contribution is 2.47. The van der Waals surface area contributed by atoms with Crippen molar-refractivity contribution in [1.29, 1.82) is 0 Å². The summed E-state index contributed by atoms with van der Waals surface area (Å²) in [7, 11) is 0. The molecule has 0 aliphatic heterocycles. The predicted octanol–water partition coefficient (Wildman–Crippen LogP) is 31.8. The number of furan rings is 3. The molecule has 18 aromatic carbocycles. The number of nitrogens with zero attached hydrogens (tertiary/aromatic N) is 16. The maximum Gasteiger partial charge on any atom is 0.180 e. The fourth-order valence-electron chi connectivity index (χ4n) is 18.8. The SMILES string of the molecule is c1ccc(-c2cc(-c3ccccc3)nc(-c3ccc4c(c3)oc3cccc(-c5nc(-c6ccccc6)nc(-c6ccccc6)n5)c34)n2)cc1.c1ccc(-c2nc(-c3ccccc3)nc(-c3ccc4c(c3)oc3cccc(-c5nc(-c6ccccc6)nc(-c6ccccc6)n5)c34)n2)cc1.c1ccc(-c2nc(-c3ccccc3)nc(-c3cccc4sc5ccc(-c6nc(-c7ccccc7)nc7c6oc6ccccc67)cc5c34)n2)cc1. The summed E-state index contributed by atoms with van der Waals surface area (Å²) in [5.74, 6) is 8.54. The summed E-state index contributed by atoms with van der Waals surface area (Å²) in [6.07, 6.45) is 0. The van der Waals surface area contributed by atoms with Crippen molar-refractivity contribution in [3.63, 3.8) is 0 Å². The Bertz CT molecular complexity index is 9180. The average Bonchev–Trinajstić information content (AvgIpc) is 1.59. The predicted molar refractivity (Wildman–Crippen MR) is 591 cm³/mol. The summed E-state index contributed by atoms with van der Waals surface area (Å²) in [5.41, 5.74) is 23.3. The van der Waals surface area contributed by atoms with Crippen LogP contribution in [0.3, 0.4) is 0 Å². The van der Waals surface area contributed by atoms with Crippen molar-refractivity contribution in [3.8, 4) is 193 Å². The van der Waals surface area contributed by atoms with Gasteiger partial charge in [-0.25, -0.2) is 79.7 Å². The second-order valence-electron chi connectivity index (χ2n) is 35.4. The summed E-state index contributed by atoms with van der Waals surface area (Å²) in [6, 6.07) is 158. The maximum absolute atomic E-state index is 6.51. The summed E-state index contributed by atoms with van der Waals surface area (Å²) in [6.45, 7) is 0. The highest BCUT2D eigenvalue weighted by molar-refractivity contribution is 7.26. The topological polar surface area (TPSA) is 246 Å². The number of para-hydroxylation sites is 1. The van der Waals surface area contributed by atoms with Crippen LogP contribution < -0.4 is 0 Å². The third-order valence-corrected chi connectivity index (χ3v) is 27.1. The van der Waals surface area contributed by atoms with Crippen molar-refractivity contribution < 1.29 is 13.3 Å². The molecule has 0 bridgehead atoms. The van der Waals surface area contributed by atoms with E-state index in [1.807, 2.05) is 388 Å². The molecule has 0 saturated heterocycles. The molecule has 0 aliphatic carbocycles. The smallest absolute Gasteiger partial charge is 0.180 e. The quantitative estimate of drug-likeness (QED) is 0.0822. The molecular weight excluding hydrogens is 1840 g/mol. The molecule has 19 nitrogen and oxygen atoms in total. The van der Waals surface area contributed by atoms with E-state index >= 15 is 0 Å². The van der Waals surface area contributed by atoms with Crippen molar-refractivity contribution in [1.82, 2.24) is 79.7 Å². The van der Waals surface area contributed by atoms with Crippen LogP contribution in [-0.2, 0) is 0 Å². The van der Waals surface area contributed by atoms with Crippen molar-refractivity contribution in [2.75, 3.05) is 0 Å². The van der Waals surface area contributed by atoms with Crippen molar-refractivity contribution in [2.24, 2.45) is 0 Å². The maximum atomic E-state index is 6.51. The second kappa shape index (κ2) is 38.7. The minimum atomic E-state index is 0.563. The van der Waals surface area contributed by atoms with Crippen molar-refractivity contribution in [3.05, 3.63) is 473 Å². The lowest BCUT2D eigenvalue weighted by Crippen LogP contribution is -2.00. The Balaban J connectivity index is 0.000000112. The summed E-state index contributed by atoms with van der Waals surface area (Å²) < 4.78 is 21.8. The number of thiophene rings is 1. The molecule has 0 saturated carbocycles. The molecule has 0 spiro atoms. The van der Waals surface area contributed by atoms with E-state index in [0.717, 1.165) is 187 Å². The molecule has 10 heterocycles. The lowest BCUT2D eigenvalue weighted by atomic mass is 10.0. The van der Waals surface area contributed by atoms with E-state index in [9.17, 15) is 0 Å². The van der Waals surface area contributed by atoms with Gasteiger partial charge < -0.3 is 13.3 Å². The molecule has 28 rings (SSSR count). The van der Waals surface area contributed by atoms with E-state index in [4.69, 9.17) is 93.0 Å². The Kier molecular flexibility index (Phi) is 23.0. The monoisotopic (exact) mass is 1920 g/mol. The van der Waals surface area contributed by atoms with Gasteiger partial charge in [0.2, 0.25) is 0 Å². The highest BCUT2D eigenvalue weighted by atomic mass is 32.1. The van der Waals surface area contributed by atoms with Gasteiger partial charge in [0.05, 0.1) is 11.4 Å². The third-order valence-electron chi connectivity index (χ3n) is 25.9. The lowest BCUT2D eigenvalue weighted by Gasteiger charge is -2.10. The summed E-state index contributed by atoms with van der Waals surface area (Å²) >= 11 is 1.76. The second-order valence-corrected chi connectivity index (χ2v) is 36.4.